The standard InChI is InChI=1S/C16H21N3O2/c20-15(14-5-2-1-3-6-14)8-9-18-16(21)7-4-11-19-12-10-17-13-19/h1-3,5-6,10,12-13,15,20H,4,7-9,11H2,(H,18,21). The minimum Gasteiger partial charge on any atom is -0.388 e. The molecule has 0 radical (unpaired) electrons. The van der Waals surface area contributed by atoms with E-state index in [0.717, 1.165) is 18.5 Å². The van der Waals surface area contributed by atoms with Gasteiger partial charge in [-0.1, -0.05) is 30.3 Å². The van der Waals surface area contributed by atoms with Crippen LogP contribution in [-0.2, 0) is 11.3 Å². The van der Waals surface area contributed by atoms with E-state index in [4.69, 9.17) is 0 Å². The SMILES string of the molecule is O=C(CCCn1ccnc1)NCCC(O)c1ccccc1. The molecule has 1 aromatic heterocycles. The maximum Gasteiger partial charge on any atom is 0.220 e. The molecule has 112 valence electrons. The third-order valence-electron chi connectivity index (χ3n) is 3.30. The number of rotatable bonds is 8. The summed E-state index contributed by atoms with van der Waals surface area (Å²) in [7, 11) is 0. The predicted octanol–water partition coefficient (Wildman–Crippen LogP) is 1.90. The molecule has 0 aliphatic heterocycles. The van der Waals surface area contributed by atoms with Gasteiger partial charge in [0.05, 0.1) is 12.4 Å². The molecule has 0 saturated carbocycles. The largest absolute Gasteiger partial charge is 0.388 e. The molecule has 21 heavy (non-hydrogen) atoms. The average molecular weight is 287 g/mol. The van der Waals surface area contributed by atoms with E-state index in [-0.39, 0.29) is 5.91 Å². The first-order valence-corrected chi connectivity index (χ1v) is 7.21. The van der Waals surface area contributed by atoms with Crippen molar-refractivity contribution in [3.63, 3.8) is 0 Å². The molecule has 2 rings (SSSR count). The van der Waals surface area contributed by atoms with E-state index in [0.29, 0.717) is 19.4 Å². The van der Waals surface area contributed by atoms with Crippen molar-refractivity contribution in [3.05, 3.63) is 54.6 Å². The Morgan fingerprint density at radius 3 is 2.86 bits per heavy atom. The van der Waals surface area contributed by atoms with Gasteiger partial charge in [-0.25, -0.2) is 4.98 Å². The number of carbonyl (C=O) groups excluding carboxylic acids is 1. The maximum absolute atomic E-state index is 11.7. The summed E-state index contributed by atoms with van der Waals surface area (Å²) in [6.45, 7) is 1.28. The quantitative estimate of drug-likeness (QED) is 0.779. The van der Waals surface area contributed by atoms with Gasteiger partial charge < -0.3 is 15.0 Å². The van der Waals surface area contributed by atoms with E-state index >= 15 is 0 Å². The summed E-state index contributed by atoms with van der Waals surface area (Å²) in [5, 5.41) is 12.8. The highest BCUT2D eigenvalue weighted by molar-refractivity contribution is 5.75. The number of aliphatic hydroxyl groups excluding tert-OH is 1. The van der Waals surface area contributed by atoms with Crippen molar-refractivity contribution < 1.29 is 9.90 Å². The zero-order valence-electron chi connectivity index (χ0n) is 12.0. The molecule has 0 aliphatic rings. The Labute approximate surface area is 124 Å². The lowest BCUT2D eigenvalue weighted by Crippen LogP contribution is -2.25. The van der Waals surface area contributed by atoms with Crippen LogP contribution in [0.3, 0.4) is 0 Å². The Morgan fingerprint density at radius 1 is 1.33 bits per heavy atom. The van der Waals surface area contributed by atoms with E-state index in [2.05, 4.69) is 10.3 Å². The smallest absolute Gasteiger partial charge is 0.220 e. The lowest BCUT2D eigenvalue weighted by molar-refractivity contribution is -0.121. The normalized spacial score (nSPS) is 12.0. The van der Waals surface area contributed by atoms with Gasteiger partial charge in [0.25, 0.3) is 0 Å². The highest BCUT2D eigenvalue weighted by Crippen LogP contribution is 2.14. The van der Waals surface area contributed by atoms with E-state index in [1.54, 1.807) is 12.5 Å². The van der Waals surface area contributed by atoms with Crippen molar-refractivity contribution in [2.24, 2.45) is 0 Å². The zero-order chi connectivity index (χ0) is 14.9. The molecular weight excluding hydrogens is 266 g/mol. The highest BCUT2D eigenvalue weighted by atomic mass is 16.3. The Balaban J connectivity index is 1.58. The first kappa shape index (κ1) is 15.3. The summed E-state index contributed by atoms with van der Waals surface area (Å²) in [4.78, 5) is 15.6. The Morgan fingerprint density at radius 2 is 2.14 bits per heavy atom. The van der Waals surface area contributed by atoms with Crippen molar-refractivity contribution in [1.82, 2.24) is 14.9 Å². The van der Waals surface area contributed by atoms with Gasteiger partial charge in [-0.2, -0.15) is 0 Å². The number of aryl methyl sites for hydroxylation is 1. The summed E-state index contributed by atoms with van der Waals surface area (Å²) < 4.78 is 1.95. The molecule has 0 saturated heterocycles. The lowest BCUT2D eigenvalue weighted by Gasteiger charge is -2.11. The van der Waals surface area contributed by atoms with Crippen molar-refractivity contribution in [1.29, 1.82) is 0 Å². The van der Waals surface area contributed by atoms with Crippen LogP contribution in [0.1, 0.15) is 30.9 Å². The second-order valence-electron chi connectivity index (χ2n) is 4.97. The lowest BCUT2D eigenvalue weighted by atomic mass is 10.1. The highest BCUT2D eigenvalue weighted by Gasteiger charge is 2.07. The molecule has 0 aliphatic carbocycles. The maximum atomic E-state index is 11.7. The van der Waals surface area contributed by atoms with Gasteiger partial charge >= 0.3 is 0 Å². The molecule has 1 aromatic carbocycles. The molecule has 0 bridgehead atoms. The minimum absolute atomic E-state index is 0.0235. The number of imidazole rings is 1. The molecule has 5 heteroatoms. The van der Waals surface area contributed by atoms with E-state index in [1.165, 1.54) is 0 Å². The number of aromatic nitrogens is 2. The fraction of sp³-hybridized carbons (Fsp3) is 0.375. The van der Waals surface area contributed by atoms with Gasteiger partial charge in [-0.05, 0) is 18.4 Å². The van der Waals surface area contributed by atoms with Crippen LogP contribution in [0.15, 0.2) is 49.1 Å². The number of aliphatic hydroxyl groups is 1. The summed E-state index contributed by atoms with van der Waals surface area (Å²) in [6, 6.07) is 9.48. The molecule has 2 aromatic rings. The van der Waals surface area contributed by atoms with Crippen LogP contribution >= 0.6 is 0 Å². The van der Waals surface area contributed by atoms with Crippen molar-refractivity contribution in [2.45, 2.75) is 31.9 Å². The molecule has 1 atom stereocenters. The molecule has 1 amide bonds. The van der Waals surface area contributed by atoms with Gasteiger partial charge in [0.2, 0.25) is 5.91 Å². The third-order valence-corrected chi connectivity index (χ3v) is 3.30. The van der Waals surface area contributed by atoms with Gasteiger partial charge in [-0.3, -0.25) is 4.79 Å². The van der Waals surface area contributed by atoms with Crippen molar-refractivity contribution in [2.75, 3.05) is 6.54 Å². The number of hydrogen-bond donors (Lipinski definition) is 2. The summed E-state index contributed by atoms with van der Waals surface area (Å²) >= 11 is 0. The molecule has 1 heterocycles. The minimum atomic E-state index is -0.530. The van der Waals surface area contributed by atoms with E-state index in [1.807, 2.05) is 41.1 Å². The van der Waals surface area contributed by atoms with Crippen LogP contribution in [0.4, 0.5) is 0 Å². The zero-order valence-corrected chi connectivity index (χ0v) is 12.0. The topological polar surface area (TPSA) is 67.2 Å². The fourth-order valence-corrected chi connectivity index (χ4v) is 2.12. The van der Waals surface area contributed by atoms with Crippen LogP contribution in [0.2, 0.25) is 0 Å². The third kappa shape index (κ3) is 5.39. The van der Waals surface area contributed by atoms with Crippen LogP contribution in [0.5, 0.6) is 0 Å². The Kier molecular flexibility index (Phi) is 5.97. The van der Waals surface area contributed by atoms with Gasteiger partial charge in [0, 0.05) is 31.9 Å². The molecule has 1 unspecified atom stereocenters. The molecule has 0 fully saturated rings. The van der Waals surface area contributed by atoms with E-state index < -0.39 is 6.10 Å². The van der Waals surface area contributed by atoms with Crippen LogP contribution in [-0.4, -0.2) is 27.1 Å². The van der Waals surface area contributed by atoms with Crippen LogP contribution in [0.25, 0.3) is 0 Å². The molecular formula is C16H21N3O2. The van der Waals surface area contributed by atoms with Gasteiger partial charge in [0.15, 0.2) is 0 Å². The summed E-state index contributed by atoms with van der Waals surface area (Å²) in [5.41, 5.74) is 0.881. The van der Waals surface area contributed by atoms with E-state index in [9.17, 15) is 9.90 Å². The number of amides is 1. The summed E-state index contributed by atoms with van der Waals surface area (Å²) in [6.07, 6.45) is 6.62. The monoisotopic (exact) mass is 287 g/mol. The second-order valence-corrected chi connectivity index (χ2v) is 4.97. The molecule has 2 N–H and O–H groups in total. The average Bonchev–Trinajstić information content (AvgIpc) is 3.01. The van der Waals surface area contributed by atoms with Gasteiger partial charge in [0.1, 0.15) is 0 Å². The number of carbonyl (C=O) groups is 1. The molecule has 5 nitrogen and oxygen atoms in total. The second kappa shape index (κ2) is 8.21. The Hall–Kier alpha value is -2.14. The Bertz CT molecular complexity index is 526. The number of nitrogens with one attached hydrogen (secondary N) is 1. The molecule has 0 spiro atoms. The summed E-state index contributed by atoms with van der Waals surface area (Å²) in [5.74, 6) is 0.0235. The van der Waals surface area contributed by atoms with Crippen molar-refractivity contribution >= 4 is 5.91 Å². The first-order chi connectivity index (χ1) is 10.3. The van der Waals surface area contributed by atoms with Gasteiger partial charge in [-0.15, -0.1) is 0 Å². The van der Waals surface area contributed by atoms with Crippen LogP contribution in [0, 0.1) is 0 Å². The fourth-order valence-electron chi connectivity index (χ4n) is 2.12. The predicted molar refractivity (Wildman–Crippen MR) is 80.5 cm³/mol. The first-order valence-electron chi connectivity index (χ1n) is 7.21. The number of benzene rings is 1. The number of hydrogen-bond acceptors (Lipinski definition) is 3. The van der Waals surface area contributed by atoms with Crippen molar-refractivity contribution in [3.8, 4) is 0 Å². The number of nitrogens with zero attached hydrogens (tertiary/aromatic N) is 2. The van der Waals surface area contributed by atoms with Crippen LogP contribution < -0.4 is 5.32 Å².